The van der Waals surface area contributed by atoms with Gasteiger partial charge in [0.1, 0.15) is 5.41 Å². The molecule has 2 aliphatic rings. The van der Waals surface area contributed by atoms with Crippen LogP contribution in [0.2, 0.25) is 0 Å². The lowest BCUT2D eigenvalue weighted by molar-refractivity contribution is -0.210. The highest BCUT2D eigenvalue weighted by Crippen LogP contribution is 2.49. The molecule has 0 radical (unpaired) electrons. The first-order chi connectivity index (χ1) is 10.9. The van der Waals surface area contributed by atoms with Gasteiger partial charge in [-0.1, -0.05) is 30.3 Å². The van der Waals surface area contributed by atoms with Crippen molar-refractivity contribution in [3.05, 3.63) is 35.9 Å². The maximum absolute atomic E-state index is 12.4. The summed E-state index contributed by atoms with van der Waals surface area (Å²) in [5.74, 6) is -0.726. The molecule has 1 saturated heterocycles. The van der Waals surface area contributed by atoms with E-state index in [1.165, 1.54) is 7.11 Å². The van der Waals surface area contributed by atoms with Crippen LogP contribution in [0.25, 0.3) is 0 Å². The summed E-state index contributed by atoms with van der Waals surface area (Å²) >= 11 is 0. The van der Waals surface area contributed by atoms with Crippen LogP contribution in [0, 0.1) is 11.3 Å². The Morgan fingerprint density at radius 2 is 2.04 bits per heavy atom. The number of likely N-dealkylation sites (tertiary alicyclic amines) is 1. The molecule has 2 fully saturated rings. The van der Waals surface area contributed by atoms with Gasteiger partial charge >= 0.3 is 5.97 Å². The summed E-state index contributed by atoms with van der Waals surface area (Å²) in [5.41, 5.74) is -0.748. The monoisotopic (exact) mass is 319 g/mol. The van der Waals surface area contributed by atoms with Gasteiger partial charge in [0.25, 0.3) is 0 Å². The highest BCUT2D eigenvalue weighted by Gasteiger charge is 2.61. The number of benzene rings is 1. The molecular weight excluding hydrogens is 294 g/mol. The van der Waals surface area contributed by atoms with Gasteiger partial charge in [0.05, 0.1) is 18.8 Å². The van der Waals surface area contributed by atoms with Crippen molar-refractivity contribution in [3.63, 3.8) is 0 Å². The van der Waals surface area contributed by atoms with Gasteiger partial charge in [-0.2, -0.15) is 0 Å². The third kappa shape index (κ3) is 2.77. The third-order valence-electron chi connectivity index (χ3n) is 5.62. The van der Waals surface area contributed by atoms with E-state index in [1.807, 2.05) is 30.3 Å². The fraction of sp³-hybridized carbons (Fsp3) is 0.611. The highest BCUT2D eigenvalue weighted by atomic mass is 16.5. The van der Waals surface area contributed by atoms with Crippen LogP contribution in [-0.2, 0) is 16.1 Å². The predicted molar refractivity (Wildman–Crippen MR) is 85.5 cm³/mol. The summed E-state index contributed by atoms with van der Waals surface area (Å²) in [4.78, 5) is 14.6. The Bertz CT molecular complexity index is 574. The number of methoxy groups -OCH3 is 1. The van der Waals surface area contributed by atoms with Crippen LogP contribution < -0.4 is 0 Å². The molecule has 1 aromatic carbocycles. The molecule has 5 heteroatoms. The molecule has 1 aliphatic heterocycles. The van der Waals surface area contributed by atoms with Gasteiger partial charge < -0.3 is 14.9 Å². The van der Waals surface area contributed by atoms with Crippen molar-refractivity contribution in [3.8, 4) is 0 Å². The summed E-state index contributed by atoms with van der Waals surface area (Å²) in [6, 6.07) is 10.0. The maximum Gasteiger partial charge on any atom is 0.315 e. The Morgan fingerprint density at radius 3 is 2.70 bits per heavy atom. The number of rotatable bonds is 3. The molecule has 4 unspecified atom stereocenters. The topological polar surface area (TPSA) is 70.0 Å². The van der Waals surface area contributed by atoms with Crippen LogP contribution in [0.3, 0.4) is 0 Å². The molecule has 0 spiro atoms. The van der Waals surface area contributed by atoms with E-state index in [0.717, 1.165) is 5.56 Å². The number of esters is 1. The normalized spacial score (nSPS) is 37.4. The van der Waals surface area contributed by atoms with E-state index in [4.69, 9.17) is 4.74 Å². The third-order valence-corrected chi connectivity index (χ3v) is 5.62. The van der Waals surface area contributed by atoms with Crippen LogP contribution in [-0.4, -0.2) is 53.0 Å². The number of nitrogens with zero attached hydrogens (tertiary/aromatic N) is 1. The Hall–Kier alpha value is -1.43. The first-order valence-electron chi connectivity index (χ1n) is 8.14. The molecule has 4 atom stereocenters. The Balaban J connectivity index is 1.89. The fourth-order valence-electron chi connectivity index (χ4n) is 4.20. The average Bonchev–Trinajstić information content (AvgIpc) is 2.54. The number of piperidine rings is 1. The summed E-state index contributed by atoms with van der Waals surface area (Å²) in [7, 11) is 1.36. The van der Waals surface area contributed by atoms with E-state index < -0.39 is 17.1 Å². The second-order valence-electron chi connectivity index (χ2n) is 7.21. The van der Waals surface area contributed by atoms with Crippen LogP contribution in [0.5, 0.6) is 0 Å². The van der Waals surface area contributed by atoms with Crippen molar-refractivity contribution in [1.29, 1.82) is 0 Å². The standard InChI is InChI=1S/C18H25NO4/c1-17(22)8-9-18(16(21)23-2)12-19(11-14(17)15(18)20)10-13-6-4-3-5-7-13/h3-7,14-15,20,22H,8-12H2,1-2H3. The Kier molecular flexibility index (Phi) is 4.21. The molecule has 23 heavy (non-hydrogen) atoms. The van der Waals surface area contributed by atoms with Crippen LogP contribution in [0.4, 0.5) is 0 Å². The zero-order valence-electron chi connectivity index (χ0n) is 13.7. The number of hydrogen-bond donors (Lipinski definition) is 2. The van der Waals surface area contributed by atoms with E-state index >= 15 is 0 Å². The van der Waals surface area contributed by atoms with E-state index in [2.05, 4.69) is 4.90 Å². The first kappa shape index (κ1) is 16.4. The largest absolute Gasteiger partial charge is 0.468 e. The van der Waals surface area contributed by atoms with Crippen molar-refractivity contribution in [2.45, 2.75) is 38.0 Å². The van der Waals surface area contributed by atoms with Crippen molar-refractivity contribution in [1.82, 2.24) is 4.90 Å². The molecule has 5 nitrogen and oxygen atoms in total. The van der Waals surface area contributed by atoms with Crippen LogP contribution in [0.15, 0.2) is 30.3 Å². The van der Waals surface area contributed by atoms with E-state index in [1.54, 1.807) is 6.92 Å². The van der Waals surface area contributed by atoms with Crippen molar-refractivity contribution in [2.75, 3.05) is 20.2 Å². The smallest absolute Gasteiger partial charge is 0.315 e. The molecule has 1 aliphatic carbocycles. The second kappa shape index (κ2) is 5.89. The minimum atomic E-state index is -0.966. The number of aliphatic hydroxyl groups is 2. The summed E-state index contributed by atoms with van der Waals surface area (Å²) in [6.07, 6.45) is 0.0734. The highest BCUT2D eigenvalue weighted by molar-refractivity contribution is 5.78. The molecular formula is C18H25NO4. The summed E-state index contributed by atoms with van der Waals surface area (Å²) < 4.78 is 5.00. The molecule has 126 valence electrons. The van der Waals surface area contributed by atoms with Gasteiger partial charge in [-0.05, 0) is 25.3 Å². The number of carbonyl (C=O) groups excluding carboxylic acids is 1. The maximum atomic E-state index is 12.4. The van der Waals surface area contributed by atoms with E-state index in [-0.39, 0.29) is 11.9 Å². The van der Waals surface area contributed by atoms with Gasteiger partial charge in [0.2, 0.25) is 0 Å². The lowest BCUT2D eigenvalue weighted by Gasteiger charge is -2.56. The molecule has 1 aromatic rings. The molecule has 1 saturated carbocycles. The number of fused-ring (bicyclic) bond motifs is 2. The molecule has 0 aromatic heterocycles. The van der Waals surface area contributed by atoms with E-state index in [9.17, 15) is 15.0 Å². The molecule has 2 bridgehead atoms. The van der Waals surface area contributed by atoms with Crippen LogP contribution >= 0.6 is 0 Å². The Morgan fingerprint density at radius 1 is 1.35 bits per heavy atom. The van der Waals surface area contributed by atoms with Crippen molar-refractivity contribution >= 4 is 5.97 Å². The first-order valence-corrected chi connectivity index (χ1v) is 8.14. The van der Waals surface area contributed by atoms with Gasteiger partial charge in [-0.25, -0.2) is 0 Å². The summed E-state index contributed by atoms with van der Waals surface area (Å²) in [6.45, 7) is 3.48. The number of ether oxygens (including phenoxy) is 1. The fourth-order valence-corrected chi connectivity index (χ4v) is 4.20. The van der Waals surface area contributed by atoms with E-state index in [0.29, 0.717) is 32.5 Å². The zero-order valence-corrected chi connectivity index (χ0v) is 13.7. The van der Waals surface area contributed by atoms with Gasteiger partial charge in [-0.15, -0.1) is 0 Å². The molecule has 3 rings (SSSR count). The molecule has 2 N–H and O–H groups in total. The minimum absolute atomic E-state index is 0.354. The molecule has 1 heterocycles. The lowest BCUT2D eigenvalue weighted by atomic mass is 9.59. The molecule has 0 amide bonds. The lowest BCUT2D eigenvalue weighted by Crippen LogP contribution is -2.68. The Labute approximate surface area is 136 Å². The number of carbonyl (C=O) groups is 1. The SMILES string of the molecule is COC(=O)C12CCC(C)(O)C(CN(Cc3ccccc3)C1)C2O. The van der Waals surface area contributed by atoms with Gasteiger partial charge in [-0.3, -0.25) is 9.69 Å². The average molecular weight is 319 g/mol. The van der Waals surface area contributed by atoms with Crippen LogP contribution in [0.1, 0.15) is 25.3 Å². The summed E-state index contributed by atoms with van der Waals surface area (Å²) in [5, 5.41) is 21.4. The quantitative estimate of drug-likeness (QED) is 0.819. The zero-order chi connectivity index (χ0) is 16.7. The van der Waals surface area contributed by atoms with Crippen molar-refractivity contribution < 1.29 is 19.7 Å². The number of aliphatic hydroxyl groups excluding tert-OH is 1. The number of hydrogen-bond acceptors (Lipinski definition) is 5. The second-order valence-corrected chi connectivity index (χ2v) is 7.21. The minimum Gasteiger partial charge on any atom is -0.468 e. The van der Waals surface area contributed by atoms with Gasteiger partial charge in [0, 0.05) is 25.6 Å². The van der Waals surface area contributed by atoms with Gasteiger partial charge in [0.15, 0.2) is 0 Å². The van der Waals surface area contributed by atoms with Crippen molar-refractivity contribution in [2.24, 2.45) is 11.3 Å². The predicted octanol–water partition coefficient (Wildman–Crippen LogP) is 1.18.